The van der Waals surface area contributed by atoms with Gasteiger partial charge < -0.3 is 15.3 Å². The zero-order valence-electron chi connectivity index (χ0n) is 19.6. The fraction of sp³-hybridized carbons (Fsp3) is 0.654. The standard InChI is InChI=1S/C26H38N4O2/c1-28(2)15-7-8-20-11-13-21(14-12-20)25-23-18-29(26(32)27-22-9-3-4-10-22)16-5-6-17-30(23)24(25)19-31/h11-14,22-25,31H,3-6,9-10,15-19H2,1-2H3,(H,27,32)/t23-,24+,25-/m0/s1. The summed E-state index contributed by atoms with van der Waals surface area (Å²) in [5, 5.41) is 13.4. The van der Waals surface area contributed by atoms with E-state index in [-0.39, 0.29) is 30.6 Å². The summed E-state index contributed by atoms with van der Waals surface area (Å²) in [4.78, 5) is 19.5. The van der Waals surface area contributed by atoms with Gasteiger partial charge in [-0.2, -0.15) is 0 Å². The smallest absolute Gasteiger partial charge is 0.317 e. The highest BCUT2D eigenvalue weighted by atomic mass is 16.3. The normalized spacial score (nSPS) is 26.5. The highest BCUT2D eigenvalue weighted by Gasteiger charge is 2.49. The Hall–Kier alpha value is -2.07. The van der Waals surface area contributed by atoms with E-state index < -0.39 is 0 Å². The lowest BCUT2D eigenvalue weighted by Crippen LogP contribution is -2.68. The average Bonchev–Trinajstić information content (AvgIpc) is 3.26. The fourth-order valence-corrected chi connectivity index (χ4v) is 5.55. The third-order valence-corrected chi connectivity index (χ3v) is 7.26. The van der Waals surface area contributed by atoms with Crippen LogP contribution >= 0.6 is 0 Å². The van der Waals surface area contributed by atoms with Gasteiger partial charge in [0.25, 0.3) is 0 Å². The molecule has 2 N–H and O–H groups in total. The molecule has 2 saturated heterocycles. The second kappa shape index (κ2) is 10.7. The number of nitrogens with zero attached hydrogens (tertiary/aromatic N) is 3. The Morgan fingerprint density at radius 3 is 2.53 bits per heavy atom. The number of carbonyl (C=O) groups excluding carboxylic acids is 1. The second-order valence-corrected chi connectivity index (χ2v) is 9.83. The number of carbonyl (C=O) groups is 1. The number of amides is 2. The monoisotopic (exact) mass is 438 g/mol. The molecular weight excluding hydrogens is 400 g/mol. The minimum absolute atomic E-state index is 0.0939. The first-order valence-electron chi connectivity index (χ1n) is 12.2. The number of fused-ring (bicyclic) bond motifs is 1. The van der Waals surface area contributed by atoms with Crippen molar-refractivity contribution in [2.75, 3.05) is 46.9 Å². The molecule has 0 bridgehead atoms. The number of nitrogens with one attached hydrogen (secondary N) is 1. The topological polar surface area (TPSA) is 59.1 Å². The summed E-state index contributed by atoms with van der Waals surface area (Å²) in [5.74, 6) is 6.64. The lowest BCUT2D eigenvalue weighted by molar-refractivity contribution is -0.0591. The number of hydrogen-bond donors (Lipinski definition) is 2. The van der Waals surface area contributed by atoms with E-state index in [1.165, 1.54) is 18.4 Å². The number of benzene rings is 1. The molecule has 1 aliphatic carbocycles. The van der Waals surface area contributed by atoms with Crippen LogP contribution in [0.4, 0.5) is 4.79 Å². The Bertz CT molecular complexity index is 822. The maximum absolute atomic E-state index is 13.0. The molecule has 6 heteroatoms. The number of aliphatic hydroxyl groups excluding tert-OH is 1. The quantitative estimate of drug-likeness (QED) is 0.709. The van der Waals surface area contributed by atoms with Gasteiger partial charge in [-0.25, -0.2) is 4.79 Å². The molecule has 0 spiro atoms. The molecule has 0 radical (unpaired) electrons. The largest absolute Gasteiger partial charge is 0.395 e. The fourth-order valence-electron chi connectivity index (χ4n) is 5.55. The maximum atomic E-state index is 13.0. The maximum Gasteiger partial charge on any atom is 0.317 e. The summed E-state index contributed by atoms with van der Waals surface area (Å²) < 4.78 is 0. The zero-order valence-corrected chi connectivity index (χ0v) is 19.6. The van der Waals surface area contributed by atoms with Crippen molar-refractivity contribution in [2.24, 2.45) is 0 Å². The van der Waals surface area contributed by atoms with Gasteiger partial charge in [-0.05, 0) is 64.0 Å². The summed E-state index contributed by atoms with van der Waals surface area (Å²) in [6.07, 6.45) is 6.73. The summed E-state index contributed by atoms with van der Waals surface area (Å²) in [6.45, 7) is 3.44. The van der Waals surface area contributed by atoms with E-state index in [4.69, 9.17) is 0 Å². The first-order chi connectivity index (χ1) is 15.6. The van der Waals surface area contributed by atoms with Gasteiger partial charge in [-0.3, -0.25) is 9.80 Å². The Balaban J connectivity index is 1.46. The molecule has 1 aromatic rings. The van der Waals surface area contributed by atoms with Crippen molar-refractivity contribution < 1.29 is 9.90 Å². The minimum atomic E-state index is 0.0939. The molecule has 0 aromatic heterocycles. The van der Waals surface area contributed by atoms with Crippen LogP contribution in [0.15, 0.2) is 24.3 Å². The molecular formula is C26H38N4O2. The lowest BCUT2D eigenvalue weighted by atomic mass is 9.74. The van der Waals surface area contributed by atoms with Crippen molar-refractivity contribution in [3.8, 4) is 11.8 Å². The van der Waals surface area contributed by atoms with Gasteiger partial charge in [0.05, 0.1) is 13.2 Å². The van der Waals surface area contributed by atoms with Crippen LogP contribution < -0.4 is 5.32 Å². The molecule has 3 aliphatic rings. The Morgan fingerprint density at radius 2 is 1.84 bits per heavy atom. The van der Waals surface area contributed by atoms with E-state index in [0.717, 1.165) is 57.4 Å². The summed E-state index contributed by atoms with van der Waals surface area (Å²) in [5.41, 5.74) is 2.25. The summed E-state index contributed by atoms with van der Waals surface area (Å²) >= 11 is 0. The van der Waals surface area contributed by atoms with Crippen LogP contribution in [0.2, 0.25) is 0 Å². The Labute approximate surface area is 192 Å². The van der Waals surface area contributed by atoms with Gasteiger partial charge in [0.1, 0.15) is 0 Å². The molecule has 2 aliphatic heterocycles. The predicted octanol–water partition coefficient (Wildman–Crippen LogP) is 2.48. The van der Waals surface area contributed by atoms with Crippen LogP contribution in [0.5, 0.6) is 0 Å². The molecule has 0 unspecified atom stereocenters. The van der Waals surface area contributed by atoms with Crippen molar-refractivity contribution in [2.45, 2.75) is 62.6 Å². The Morgan fingerprint density at radius 1 is 1.12 bits per heavy atom. The molecule has 6 nitrogen and oxygen atoms in total. The van der Waals surface area contributed by atoms with Crippen LogP contribution in [0.25, 0.3) is 0 Å². The molecule has 3 atom stereocenters. The van der Waals surface area contributed by atoms with Gasteiger partial charge in [0.2, 0.25) is 0 Å². The molecule has 1 saturated carbocycles. The first-order valence-corrected chi connectivity index (χ1v) is 12.2. The SMILES string of the molecule is CN(C)CC#Cc1ccc([C@@H]2[C@@H](CO)N3CCCCN(C(=O)NC4CCCC4)C[C@@H]23)cc1. The number of hydrogen-bond acceptors (Lipinski definition) is 4. The van der Waals surface area contributed by atoms with Crippen LogP contribution in [-0.2, 0) is 0 Å². The van der Waals surface area contributed by atoms with Crippen LogP contribution in [0.3, 0.4) is 0 Å². The van der Waals surface area contributed by atoms with Gasteiger partial charge in [-0.15, -0.1) is 0 Å². The predicted molar refractivity (Wildman–Crippen MR) is 128 cm³/mol. The third kappa shape index (κ3) is 5.28. The first kappa shape index (κ1) is 23.1. The average molecular weight is 439 g/mol. The van der Waals surface area contributed by atoms with Gasteiger partial charge in [-0.1, -0.05) is 36.8 Å². The zero-order chi connectivity index (χ0) is 22.5. The molecule has 4 rings (SSSR count). The third-order valence-electron chi connectivity index (χ3n) is 7.26. The summed E-state index contributed by atoms with van der Waals surface area (Å²) in [6, 6.07) is 9.31. The van der Waals surface area contributed by atoms with Gasteiger partial charge in [0, 0.05) is 42.7 Å². The van der Waals surface area contributed by atoms with Crippen molar-refractivity contribution in [1.29, 1.82) is 0 Å². The molecule has 3 fully saturated rings. The number of urea groups is 1. The van der Waals surface area contributed by atoms with Crippen molar-refractivity contribution in [3.05, 3.63) is 35.4 Å². The van der Waals surface area contributed by atoms with Crippen LogP contribution in [0.1, 0.15) is 55.6 Å². The van der Waals surface area contributed by atoms with E-state index >= 15 is 0 Å². The van der Waals surface area contributed by atoms with Gasteiger partial charge >= 0.3 is 6.03 Å². The molecule has 174 valence electrons. The summed E-state index contributed by atoms with van der Waals surface area (Å²) in [7, 11) is 4.03. The van der Waals surface area contributed by atoms with Gasteiger partial charge in [0.15, 0.2) is 0 Å². The van der Waals surface area contributed by atoms with E-state index in [1.807, 2.05) is 19.0 Å². The van der Waals surface area contributed by atoms with E-state index in [2.05, 4.69) is 51.2 Å². The molecule has 2 heterocycles. The highest BCUT2D eigenvalue weighted by molar-refractivity contribution is 5.74. The number of rotatable bonds is 4. The van der Waals surface area contributed by atoms with E-state index in [0.29, 0.717) is 6.04 Å². The molecule has 1 aromatic carbocycles. The highest BCUT2D eigenvalue weighted by Crippen LogP contribution is 2.42. The molecule has 2 amide bonds. The number of aliphatic hydroxyl groups is 1. The van der Waals surface area contributed by atoms with Crippen molar-refractivity contribution in [1.82, 2.24) is 20.0 Å². The Kier molecular flexibility index (Phi) is 7.72. The van der Waals surface area contributed by atoms with Crippen molar-refractivity contribution >= 4 is 6.03 Å². The minimum Gasteiger partial charge on any atom is -0.395 e. The lowest BCUT2D eigenvalue weighted by Gasteiger charge is -2.57. The van der Waals surface area contributed by atoms with Crippen LogP contribution in [0, 0.1) is 11.8 Å². The van der Waals surface area contributed by atoms with E-state index in [1.54, 1.807) is 0 Å². The molecule has 32 heavy (non-hydrogen) atoms. The van der Waals surface area contributed by atoms with Crippen molar-refractivity contribution in [3.63, 3.8) is 0 Å². The van der Waals surface area contributed by atoms with E-state index in [9.17, 15) is 9.90 Å². The second-order valence-electron chi connectivity index (χ2n) is 9.83. The van der Waals surface area contributed by atoms with Crippen LogP contribution in [-0.4, -0.2) is 90.8 Å².